The molecule has 0 radical (unpaired) electrons. The molecule has 1 amide bonds. The molecule has 9 heteroatoms. The Morgan fingerprint density at radius 2 is 2.16 bits per heavy atom. The number of fused-ring (bicyclic) bond motifs is 1. The first-order valence-corrected chi connectivity index (χ1v) is 9.22. The molecular formula is C16H14FN3O3S2. The summed E-state index contributed by atoms with van der Waals surface area (Å²) in [5.74, 6) is -0.969. The molecule has 0 aliphatic carbocycles. The lowest BCUT2D eigenvalue weighted by Crippen LogP contribution is -2.25. The van der Waals surface area contributed by atoms with Gasteiger partial charge in [0.25, 0.3) is 5.56 Å². The molecule has 0 atom stereocenters. The molecule has 0 saturated heterocycles. The van der Waals surface area contributed by atoms with Crippen molar-refractivity contribution in [2.75, 3.05) is 17.7 Å². The number of aromatic nitrogens is 2. The Kier molecular flexibility index (Phi) is 5.47. The number of aliphatic hydroxyl groups is 1. The van der Waals surface area contributed by atoms with Crippen molar-refractivity contribution < 1.29 is 14.3 Å². The summed E-state index contributed by atoms with van der Waals surface area (Å²) in [7, 11) is 0. The lowest BCUT2D eigenvalue weighted by atomic mass is 10.3. The van der Waals surface area contributed by atoms with Crippen molar-refractivity contribution in [1.82, 2.24) is 9.55 Å². The first-order valence-electron chi connectivity index (χ1n) is 7.36. The molecule has 0 aliphatic heterocycles. The number of halogens is 1. The number of rotatable bonds is 6. The van der Waals surface area contributed by atoms with Gasteiger partial charge in [0.1, 0.15) is 10.5 Å². The Labute approximate surface area is 150 Å². The molecule has 0 aliphatic rings. The van der Waals surface area contributed by atoms with E-state index < -0.39 is 11.7 Å². The van der Waals surface area contributed by atoms with Crippen LogP contribution in [0.15, 0.2) is 45.7 Å². The Morgan fingerprint density at radius 1 is 1.36 bits per heavy atom. The molecule has 0 saturated carbocycles. The van der Waals surface area contributed by atoms with Crippen LogP contribution in [0.25, 0.3) is 10.2 Å². The van der Waals surface area contributed by atoms with Gasteiger partial charge in [-0.3, -0.25) is 14.2 Å². The maximum absolute atomic E-state index is 13.6. The molecule has 2 N–H and O–H groups in total. The minimum atomic E-state index is -0.518. The van der Waals surface area contributed by atoms with Crippen LogP contribution in [0.3, 0.4) is 0 Å². The second kappa shape index (κ2) is 7.77. The average molecular weight is 379 g/mol. The van der Waals surface area contributed by atoms with E-state index >= 15 is 0 Å². The van der Waals surface area contributed by atoms with E-state index in [9.17, 15) is 19.1 Å². The van der Waals surface area contributed by atoms with Gasteiger partial charge in [-0.05, 0) is 23.6 Å². The van der Waals surface area contributed by atoms with Crippen molar-refractivity contribution in [3.63, 3.8) is 0 Å². The highest BCUT2D eigenvalue weighted by atomic mass is 32.2. The molecule has 2 aromatic heterocycles. The molecule has 0 unspecified atom stereocenters. The predicted molar refractivity (Wildman–Crippen MR) is 96.7 cm³/mol. The molecule has 0 fully saturated rings. The second-order valence-electron chi connectivity index (χ2n) is 5.03. The fraction of sp³-hybridized carbons (Fsp3) is 0.188. The van der Waals surface area contributed by atoms with E-state index in [4.69, 9.17) is 0 Å². The number of amides is 1. The summed E-state index contributed by atoms with van der Waals surface area (Å²) in [5.41, 5.74) is 0.411. The second-order valence-corrected chi connectivity index (χ2v) is 6.89. The number of carbonyl (C=O) groups is 1. The minimum absolute atomic E-state index is 0.0398. The number of carbonyl (C=O) groups excluding carboxylic acids is 1. The number of thiophene rings is 1. The van der Waals surface area contributed by atoms with Gasteiger partial charge >= 0.3 is 0 Å². The average Bonchev–Trinajstić information content (AvgIpc) is 3.07. The Morgan fingerprint density at radius 3 is 2.92 bits per heavy atom. The van der Waals surface area contributed by atoms with Crippen LogP contribution in [-0.2, 0) is 11.3 Å². The zero-order valence-corrected chi connectivity index (χ0v) is 14.6. The quantitative estimate of drug-likeness (QED) is 0.507. The van der Waals surface area contributed by atoms with E-state index in [1.807, 2.05) is 0 Å². The summed E-state index contributed by atoms with van der Waals surface area (Å²) >= 11 is 2.35. The van der Waals surface area contributed by atoms with Crippen LogP contribution in [0.2, 0.25) is 0 Å². The van der Waals surface area contributed by atoms with Crippen LogP contribution in [0.5, 0.6) is 0 Å². The van der Waals surface area contributed by atoms with E-state index in [2.05, 4.69) is 10.3 Å². The molecule has 6 nitrogen and oxygen atoms in total. The predicted octanol–water partition coefficient (Wildman–Crippen LogP) is 2.32. The molecule has 0 spiro atoms. The van der Waals surface area contributed by atoms with E-state index in [0.717, 1.165) is 11.8 Å². The molecule has 3 aromatic rings. The van der Waals surface area contributed by atoms with Crippen LogP contribution in [-0.4, -0.2) is 32.9 Å². The van der Waals surface area contributed by atoms with Crippen molar-refractivity contribution in [3.8, 4) is 0 Å². The van der Waals surface area contributed by atoms with Gasteiger partial charge in [-0.15, -0.1) is 11.3 Å². The number of para-hydroxylation sites is 1. The summed E-state index contributed by atoms with van der Waals surface area (Å²) in [4.78, 5) is 28.9. The lowest BCUT2D eigenvalue weighted by Gasteiger charge is -2.11. The Bertz CT molecular complexity index is 971. The fourth-order valence-electron chi connectivity index (χ4n) is 2.21. The summed E-state index contributed by atoms with van der Waals surface area (Å²) in [6.45, 7) is -0.121. The number of benzene rings is 1. The van der Waals surface area contributed by atoms with Crippen LogP contribution < -0.4 is 10.9 Å². The van der Waals surface area contributed by atoms with Gasteiger partial charge in [-0.1, -0.05) is 23.9 Å². The van der Waals surface area contributed by atoms with E-state index in [1.54, 1.807) is 17.5 Å². The third-order valence-corrected chi connectivity index (χ3v) is 5.20. The zero-order valence-electron chi connectivity index (χ0n) is 12.9. The first kappa shape index (κ1) is 17.6. The van der Waals surface area contributed by atoms with E-state index in [1.165, 1.54) is 34.1 Å². The summed E-state index contributed by atoms with van der Waals surface area (Å²) < 4.78 is 15.4. The van der Waals surface area contributed by atoms with Crippen molar-refractivity contribution in [1.29, 1.82) is 0 Å². The standard InChI is InChI=1S/C16H14FN3O3S2/c17-10-3-1-2-4-11(10)18-13(22)9-25-16-19-12-5-8-24-14(12)15(23)20(16)6-7-21/h1-5,8,21H,6-7,9H2,(H,18,22). The van der Waals surface area contributed by atoms with Gasteiger partial charge in [-0.2, -0.15) is 0 Å². The fourth-order valence-corrected chi connectivity index (χ4v) is 3.81. The van der Waals surface area contributed by atoms with Gasteiger partial charge in [0.05, 0.1) is 30.1 Å². The molecule has 25 heavy (non-hydrogen) atoms. The van der Waals surface area contributed by atoms with Crippen LogP contribution in [0.1, 0.15) is 0 Å². The summed E-state index contributed by atoms with van der Waals surface area (Å²) in [6, 6.07) is 7.61. The summed E-state index contributed by atoms with van der Waals surface area (Å²) in [6.07, 6.45) is 0. The number of thioether (sulfide) groups is 1. The Balaban J connectivity index is 1.78. The number of nitrogens with zero attached hydrogens (tertiary/aromatic N) is 2. The van der Waals surface area contributed by atoms with Crippen molar-refractivity contribution in [3.05, 3.63) is 51.9 Å². The van der Waals surface area contributed by atoms with Crippen molar-refractivity contribution in [2.45, 2.75) is 11.7 Å². The number of aliphatic hydroxyl groups excluding tert-OH is 1. The molecule has 3 rings (SSSR count). The van der Waals surface area contributed by atoms with E-state index in [-0.39, 0.29) is 30.2 Å². The van der Waals surface area contributed by atoms with Gasteiger partial charge in [0, 0.05) is 0 Å². The largest absolute Gasteiger partial charge is 0.395 e. The monoisotopic (exact) mass is 379 g/mol. The van der Waals surface area contributed by atoms with Gasteiger partial charge in [0.2, 0.25) is 5.91 Å². The zero-order chi connectivity index (χ0) is 17.8. The van der Waals surface area contributed by atoms with Crippen LogP contribution in [0.4, 0.5) is 10.1 Å². The third-order valence-electron chi connectivity index (χ3n) is 3.33. The third kappa shape index (κ3) is 3.89. The highest BCUT2D eigenvalue weighted by Crippen LogP contribution is 2.21. The molecule has 2 heterocycles. The SMILES string of the molecule is O=C(CSc1nc2ccsc2c(=O)n1CCO)Nc1ccccc1F. The molecule has 130 valence electrons. The highest BCUT2D eigenvalue weighted by Gasteiger charge is 2.14. The maximum Gasteiger partial charge on any atom is 0.272 e. The molecule has 0 bridgehead atoms. The number of hydrogen-bond acceptors (Lipinski definition) is 6. The Hall–Kier alpha value is -2.23. The van der Waals surface area contributed by atoms with Gasteiger partial charge < -0.3 is 10.4 Å². The van der Waals surface area contributed by atoms with Gasteiger partial charge in [0.15, 0.2) is 5.16 Å². The van der Waals surface area contributed by atoms with E-state index in [0.29, 0.717) is 15.4 Å². The summed E-state index contributed by atoms with van der Waals surface area (Å²) in [5, 5.41) is 13.8. The van der Waals surface area contributed by atoms with Crippen molar-refractivity contribution in [2.24, 2.45) is 0 Å². The first-order chi connectivity index (χ1) is 12.1. The van der Waals surface area contributed by atoms with Gasteiger partial charge in [-0.25, -0.2) is 9.37 Å². The smallest absolute Gasteiger partial charge is 0.272 e. The number of anilines is 1. The van der Waals surface area contributed by atoms with Crippen molar-refractivity contribution >= 4 is 44.9 Å². The molecular weight excluding hydrogens is 365 g/mol. The maximum atomic E-state index is 13.6. The van der Waals surface area contributed by atoms with Crippen LogP contribution >= 0.6 is 23.1 Å². The number of nitrogens with one attached hydrogen (secondary N) is 1. The van der Waals surface area contributed by atoms with Crippen LogP contribution in [0, 0.1) is 5.82 Å². The highest BCUT2D eigenvalue weighted by molar-refractivity contribution is 7.99. The number of hydrogen-bond donors (Lipinski definition) is 2. The molecule has 1 aromatic carbocycles. The topological polar surface area (TPSA) is 84.2 Å². The normalized spacial score (nSPS) is 11.0. The lowest BCUT2D eigenvalue weighted by molar-refractivity contribution is -0.113. The minimum Gasteiger partial charge on any atom is -0.395 e.